The molecule has 1 aromatic rings. The van der Waals surface area contributed by atoms with Crippen molar-refractivity contribution in [2.75, 3.05) is 11.4 Å². The maximum atomic E-state index is 13.8. The molecule has 0 bridgehead atoms. The van der Waals surface area contributed by atoms with E-state index in [2.05, 4.69) is 5.32 Å². The largest absolute Gasteiger partial charge is 0.328 e. The number of rotatable bonds is 2. The summed E-state index contributed by atoms with van der Waals surface area (Å²) in [6, 6.07) is 4.20. The van der Waals surface area contributed by atoms with Crippen LogP contribution in [0.15, 0.2) is 18.2 Å². The van der Waals surface area contributed by atoms with E-state index >= 15 is 0 Å². The number of carbonyl (C=O) groups is 2. The number of urea groups is 1. The number of anilines is 1. The highest BCUT2D eigenvalue weighted by molar-refractivity contribution is 6.05. The van der Waals surface area contributed by atoms with Crippen LogP contribution >= 0.6 is 0 Å². The third kappa shape index (κ3) is 2.27. The third-order valence-electron chi connectivity index (χ3n) is 2.77. The van der Waals surface area contributed by atoms with Gasteiger partial charge in [0.15, 0.2) is 0 Å². The molecule has 1 aliphatic heterocycles. The van der Waals surface area contributed by atoms with Gasteiger partial charge < -0.3 is 0 Å². The van der Waals surface area contributed by atoms with E-state index in [9.17, 15) is 14.0 Å². The van der Waals surface area contributed by atoms with Crippen LogP contribution in [-0.4, -0.2) is 18.5 Å². The summed E-state index contributed by atoms with van der Waals surface area (Å²) in [7, 11) is 0. The second kappa shape index (κ2) is 4.53. The Balaban J connectivity index is 2.28. The number of benzene rings is 1. The first kappa shape index (κ1) is 11.6. The number of hydrogen-bond acceptors (Lipinski definition) is 2. The summed E-state index contributed by atoms with van der Waals surface area (Å²) in [4.78, 5) is 23.8. The van der Waals surface area contributed by atoms with Crippen LogP contribution in [0.4, 0.5) is 14.9 Å². The topological polar surface area (TPSA) is 49.4 Å². The zero-order valence-electron chi connectivity index (χ0n) is 9.50. The van der Waals surface area contributed by atoms with Gasteiger partial charge in [-0.1, -0.05) is 13.0 Å². The number of nitrogens with zero attached hydrogens (tertiary/aromatic N) is 1. The fourth-order valence-electron chi connectivity index (χ4n) is 1.78. The number of nitrogens with one attached hydrogen (secondary N) is 1. The molecular formula is C12H13FN2O2. The van der Waals surface area contributed by atoms with Crippen molar-refractivity contribution in [2.24, 2.45) is 0 Å². The molecule has 2 rings (SSSR count). The van der Waals surface area contributed by atoms with Gasteiger partial charge in [0.2, 0.25) is 5.91 Å². The Labute approximate surface area is 98.4 Å². The molecule has 0 saturated carbocycles. The van der Waals surface area contributed by atoms with Gasteiger partial charge in [-0.2, -0.15) is 0 Å². The molecule has 0 spiro atoms. The molecule has 5 heteroatoms. The molecule has 0 radical (unpaired) electrons. The maximum Gasteiger partial charge on any atom is 0.328 e. The van der Waals surface area contributed by atoms with Crippen molar-refractivity contribution in [2.45, 2.75) is 19.8 Å². The van der Waals surface area contributed by atoms with Crippen molar-refractivity contribution in [3.8, 4) is 0 Å². The summed E-state index contributed by atoms with van der Waals surface area (Å²) in [6.07, 6.45) is 0.933. The van der Waals surface area contributed by atoms with Gasteiger partial charge in [-0.25, -0.2) is 9.18 Å². The van der Waals surface area contributed by atoms with Gasteiger partial charge in [-0.05, 0) is 24.1 Å². The minimum Gasteiger partial charge on any atom is -0.291 e. The lowest BCUT2D eigenvalue weighted by molar-refractivity contribution is -0.120. The minimum absolute atomic E-state index is 0.195. The van der Waals surface area contributed by atoms with Crippen LogP contribution in [0.2, 0.25) is 0 Å². The van der Waals surface area contributed by atoms with Crippen LogP contribution in [0.25, 0.3) is 0 Å². The minimum atomic E-state index is -0.565. The van der Waals surface area contributed by atoms with Crippen LogP contribution in [0, 0.1) is 5.82 Å². The van der Waals surface area contributed by atoms with Crippen molar-refractivity contribution >= 4 is 17.6 Å². The van der Waals surface area contributed by atoms with E-state index in [1.54, 1.807) is 12.1 Å². The Hall–Kier alpha value is -1.91. The summed E-state index contributed by atoms with van der Waals surface area (Å²) in [5.41, 5.74) is 1.09. The molecular weight excluding hydrogens is 223 g/mol. The van der Waals surface area contributed by atoms with Crippen molar-refractivity contribution in [1.29, 1.82) is 0 Å². The number of carbonyl (C=O) groups excluding carboxylic acids is 2. The first-order chi connectivity index (χ1) is 8.11. The first-order valence-electron chi connectivity index (χ1n) is 5.51. The van der Waals surface area contributed by atoms with Crippen molar-refractivity contribution in [3.63, 3.8) is 0 Å². The number of halogens is 1. The van der Waals surface area contributed by atoms with Crippen molar-refractivity contribution in [3.05, 3.63) is 29.6 Å². The normalized spacial score (nSPS) is 16.0. The predicted octanol–water partition coefficient (Wildman–Crippen LogP) is 1.83. The quantitative estimate of drug-likeness (QED) is 0.851. The molecule has 4 nitrogen and oxygen atoms in total. The molecule has 1 fully saturated rings. The van der Waals surface area contributed by atoms with Gasteiger partial charge in [-0.3, -0.25) is 15.0 Å². The zero-order chi connectivity index (χ0) is 12.4. The third-order valence-corrected chi connectivity index (χ3v) is 2.77. The SMILES string of the molecule is CCc1ccc(N2CCC(=O)NC2=O)c(F)c1. The molecule has 0 unspecified atom stereocenters. The number of aryl methyl sites for hydroxylation is 1. The summed E-state index contributed by atoms with van der Waals surface area (Å²) < 4.78 is 13.8. The van der Waals surface area contributed by atoms with Crippen LogP contribution < -0.4 is 10.2 Å². The number of hydrogen-bond donors (Lipinski definition) is 1. The summed E-state index contributed by atoms with van der Waals surface area (Å²) in [5, 5.41) is 2.17. The van der Waals surface area contributed by atoms with Gasteiger partial charge >= 0.3 is 6.03 Å². The van der Waals surface area contributed by atoms with E-state index in [-0.39, 0.29) is 24.6 Å². The fraction of sp³-hybridized carbons (Fsp3) is 0.333. The highest BCUT2D eigenvalue weighted by Gasteiger charge is 2.26. The molecule has 1 heterocycles. The van der Waals surface area contributed by atoms with Crippen molar-refractivity contribution < 1.29 is 14.0 Å². The average molecular weight is 236 g/mol. The molecule has 1 saturated heterocycles. The number of amides is 3. The molecule has 0 aliphatic carbocycles. The molecule has 0 aromatic heterocycles. The van der Waals surface area contributed by atoms with Crippen molar-refractivity contribution in [1.82, 2.24) is 5.32 Å². The van der Waals surface area contributed by atoms with E-state index in [4.69, 9.17) is 0 Å². The summed E-state index contributed by atoms with van der Waals surface area (Å²) in [5.74, 6) is -0.759. The molecule has 0 atom stereocenters. The Morgan fingerprint density at radius 3 is 2.76 bits per heavy atom. The summed E-state index contributed by atoms with van der Waals surface area (Å²) in [6.45, 7) is 2.15. The Morgan fingerprint density at radius 1 is 1.41 bits per heavy atom. The predicted molar refractivity (Wildman–Crippen MR) is 61.3 cm³/mol. The van der Waals surface area contributed by atoms with E-state index < -0.39 is 11.8 Å². The molecule has 17 heavy (non-hydrogen) atoms. The summed E-state index contributed by atoms with van der Waals surface area (Å²) >= 11 is 0. The number of imide groups is 1. The van der Waals surface area contributed by atoms with Crippen LogP contribution in [0.5, 0.6) is 0 Å². The lowest BCUT2D eigenvalue weighted by Crippen LogP contribution is -2.49. The van der Waals surface area contributed by atoms with Crippen LogP contribution in [0.3, 0.4) is 0 Å². The van der Waals surface area contributed by atoms with E-state index in [0.717, 1.165) is 12.0 Å². The molecule has 1 aromatic carbocycles. The second-order valence-corrected chi connectivity index (χ2v) is 3.89. The Bertz CT molecular complexity index is 474. The molecule has 1 aliphatic rings. The fourth-order valence-corrected chi connectivity index (χ4v) is 1.78. The first-order valence-corrected chi connectivity index (χ1v) is 5.51. The standard InChI is InChI=1S/C12H13FN2O2/c1-2-8-3-4-10(9(13)7-8)15-6-5-11(16)14-12(15)17/h3-4,7H,2,5-6H2,1H3,(H,14,16,17). The lowest BCUT2D eigenvalue weighted by atomic mass is 10.1. The zero-order valence-corrected chi connectivity index (χ0v) is 9.50. The maximum absolute atomic E-state index is 13.8. The Kier molecular flexibility index (Phi) is 3.08. The van der Waals surface area contributed by atoms with Crippen LogP contribution in [0.1, 0.15) is 18.9 Å². The van der Waals surface area contributed by atoms with Gasteiger partial charge in [0.1, 0.15) is 5.82 Å². The molecule has 90 valence electrons. The van der Waals surface area contributed by atoms with Gasteiger partial charge in [-0.15, -0.1) is 0 Å². The average Bonchev–Trinajstić information content (AvgIpc) is 2.30. The van der Waals surface area contributed by atoms with Gasteiger partial charge in [0, 0.05) is 13.0 Å². The van der Waals surface area contributed by atoms with Gasteiger partial charge in [0.25, 0.3) is 0 Å². The van der Waals surface area contributed by atoms with E-state index in [0.29, 0.717) is 0 Å². The molecule has 1 N–H and O–H groups in total. The monoisotopic (exact) mass is 236 g/mol. The van der Waals surface area contributed by atoms with Gasteiger partial charge in [0.05, 0.1) is 5.69 Å². The second-order valence-electron chi connectivity index (χ2n) is 3.89. The highest BCUT2D eigenvalue weighted by Crippen LogP contribution is 2.22. The van der Waals surface area contributed by atoms with Crippen LogP contribution in [-0.2, 0) is 11.2 Å². The van der Waals surface area contributed by atoms with E-state index in [1.807, 2.05) is 6.92 Å². The smallest absolute Gasteiger partial charge is 0.291 e. The Morgan fingerprint density at radius 2 is 2.18 bits per heavy atom. The lowest BCUT2D eigenvalue weighted by Gasteiger charge is -2.26. The van der Waals surface area contributed by atoms with E-state index in [1.165, 1.54) is 11.0 Å². The molecule has 3 amide bonds. The highest BCUT2D eigenvalue weighted by atomic mass is 19.1.